The molecule has 8 nitrogen and oxygen atoms in total. The van der Waals surface area contributed by atoms with E-state index in [0.29, 0.717) is 36.0 Å². The molecule has 0 heterocycles. The molecule has 0 spiro atoms. The highest BCUT2D eigenvalue weighted by atomic mass is 32.2. The average Bonchev–Trinajstić information content (AvgIpc) is 2.89. The largest absolute Gasteiger partial charge is 0.497 e. The van der Waals surface area contributed by atoms with Crippen LogP contribution in [-0.2, 0) is 14.4 Å². The van der Waals surface area contributed by atoms with Gasteiger partial charge in [-0.2, -0.15) is 21.6 Å². The molecular formula is C26H25F3N2O6S. The molecule has 38 heavy (non-hydrogen) atoms. The van der Waals surface area contributed by atoms with Gasteiger partial charge in [0.25, 0.3) is 0 Å². The molecular weight excluding hydrogens is 525 g/mol. The zero-order valence-electron chi connectivity index (χ0n) is 20.5. The highest BCUT2D eigenvalue weighted by Gasteiger charge is 2.38. The van der Waals surface area contributed by atoms with Crippen molar-refractivity contribution in [3.05, 3.63) is 83.9 Å². The fourth-order valence-corrected chi connectivity index (χ4v) is 3.82. The van der Waals surface area contributed by atoms with Crippen molar-refractivity contribution >= 4 is 21.5 Å². The second-order valence-electron chi connectivity index (χ2n) is 7.87. The van der Waals surface area contributed by atoms with Gasteiger partial charge in [-0.1, -0.05) is 5.16 Å². The third kappa shape index (κ3) is 7.97. The molecule has 202 valence electrons. The molecule has 0 unspecified atom stereocenters. The Kier molecular flexibility index (Phi) is 9.35. The molecule has 3 aromatic rings. The van der Waals surface area contributed by atoms with E-state index in [0.717, 1.165) is 29.8 Å². The summed E-state index contributed by atoms with van der Waals surface area (Å²) in [4.78, 5) is -0.380. The van der Waals surface area contributed by atoms with Crippen LogP contribution in [0.25, 0.3) is 0 Å². The van der Waals surface area contributed by atoms with Crippen LogP contribution in [0.15, 0.2) is 82.8 Å². The van der Waals surface area contributed by atoms with E-state index >= 15 is 0 Å². The molecule has 0 bridgehead atoms. The number of nitrogens with zero attached hydrogens (tertiary/aromatic N) is 1. The molecule has 0 fully saturated rings. The summed E-state index contributed by atoms with van der Waals surface area (Å²) in [5.41, 5.74) is -0.663. The Morgan fingerprint density at radius 1 is 0.816 bits per heavy atom. The number of rotatable bonds is 12. The lowest BCUT2D eigenvalue weighted by molar-refractivity contribution is -0.0597. The molecule has 0 amide bonds. The van der Waals surface area contributed by atoms with Gasteiger partial charge in [-0.05, 0) is 85.3 Å². The SMILES string of the molecule is COc1ccc(S(=O)(=O)O/N=C(/c2ccc(OCCCOc3ccc(C(C)=N)cc3)cc2)C(F)(F)F)cc1. The summed E-state index contributed by atoms with van der Waals surface area (Å²) in [5.74, 6) is 1.32. The third-order valence-corrected chi connectivity index (χ3v) is 6.20. The van der Waals surface area contributed by atoms with Crippen LogP contribution in [0.5, 0.6) is 17.2 Å². The molecule has 3 aromatic carbocycles. The fraction of sp³-hybridized carbons (Fsp3) is 0.231. The summed E-state index contributed by atoms with van der Waals surface area (Å²) in [6.45, 7) is 2.30. The van der Waals surface area contributed by atoms with E-state index in [1.54, 1.807) is 31.2 Å². The van der Waals surface area contributed by atoms with Crippen molar-refractivity contribution < 1.29 is 40.1 Å². The third-order valence-electron chi connectivity index (χ3n) is 5.08. The molecule has 0 aliphatic heterocycles. The number of halogens is 3. The van der Waals surface area contributed by atoms with Gasteiger partial charge in [-0.25, -0.2) is 0 Å². The van der Waals surface area contributed by atoms with E-state index in [1.807, 2.05) is 0 Å². The van der Waals surface area contributed by atoms with Gasteiger partial charge in [0.05, 0.1) is 20.3 Å². The Balaban J connectivity index is 1.57. The molecule has 0 radical (unpaired) electrons. The van der Waals surface area contributed by atoms with Gasteiger partial charge in [-0.3, -0.25) is 4.28 Å². The number of ether oxygens (including phenoxy) is 3. The monoisotopic (exact) mass is 550 g/mol. The van der Waals surface area contributed by atoms with E-state index in [2.05, 4.69) is 9.44 Å². The first-order valence-electron chi connectivity index (χ1n) is 11.2. The molecule has 12 heteroatoms. The van der Waals surface area contributed by atoms with E-state index < -0.39 is 27.6 Å². The van der Waals surface area contributed by atoms with E-state index in [-0.39, 0.29) is 11.5 Å². The molecule has 0 saturated heterocycles. The van der Waals surface area contributed by atoms with Crippen molar-refractivity contribution in [1.29, 1.82) is 5.41 Å². The summed E-state index contributed by atoms with van der Waals surface area (Å²) in [6.07, 6.45) is -4.47. The lowest BCUT2D eigenvalue weighted by atomic mass is 10.1. The van der Waals surface area contributed by atoms with Crippen molar-refractivity contribution in [2.45, 2.75) is 24.4 Å². The van der Waals surface area contributed by atoms with Crippen LogP contribution in [0.1, 0.15) is 24.5 Å². The number of hydrogen-bond donors (Lipinski definition) is 1. The minimum atomic E-state index is -4.98. The zero-order chi connectivity index (χ0) is 27.8. The van der Waals surface area contributed by atoms with Gasteiger partial charge in [0.2, 0.25) is 0 Å². The van der Waals surface area contributed by atoms with Crippen molar-refractivity contribution in [2.75, 3.05) is 20.3 Å². The van der Waals surface area contributed by atoms with Gasteiger partial charge < -0.3 is 19.6 Å². The van der Waals surface area contributed by atoms with E-state index in [4.69, 9.17) is 19.6 Å². The van der Waals surface area contributed by atoms with Gasteiger partial charge in [0.1, 0.15) is 22.1 Å². The van der Waals surface area contributed by atoms with Crippen LogP contribution in [0.3, 0.4) is 0 Å². The first-order valence-corrected chi connectivity index (χ1v) is 12.6. The van der Waals surface area contributed by atoms with Crippen LogP contribution in [0, 0.1) is 5.41 Å². The molecule has 3 rings (SSSR count). The summed E-state index contributed by atoms with van der Waals surface area (Å²) in [7, 11) is -3.21. The van der Waals surface area contributed by atoms with Crippen molar-refractivity contribution in [3.63, 3.8) is 0 Å². The van der Waals surface area contributed by atoms with Crippen molar-refractivity contribution in [3.8, 4) is 17.2 Å². The molecule has 1 N–H and O–H groups in total. The van der Waals surface area contributed by atoms with E-state index in [9.17, 15) is 21.6 Å². The van der Waals surface area contributed by atoms with Crippen LogP contribution >= 0.6 is 0 Å². The fourth-order valence-electron chi connectivity index (χ4n) is 3.09. The Morgan fingerprint density at radius 2 is 1.29 bits per heavy atom. The maximum atomic E-state index is 13.6. The molecule has 0 atom stereocenters. The number of methoxy groups -OCH3 is 1. The highest BCUT2D eigenvalue weighted by molar-refractivity contribution is 7.86. The minimum absolute atomic E-state index is 0.250. The van der Waals surface area contributed by atoms with Gasteiger partial charge in [0, 0.05) is 17.7 Å². The molecule has 0 saturated carbocycles. The predicted octanol–water partition coefficient (Wildman–Crippen LogP) is 5.60. The quantitative estimate of drug-likeness (QED) is 0.179. The summed E-state index contributed by atoms with van der Waals surface area (Å²) >= 11 is 0. The molecule has 0 aromatic heterocycles. The van der Waals surface area contributed by atoms with E-state index in [1.165, 1.54) is 31.4 Å². The number of nitrogens with one attached hydrogen (secondary N) is 1. The maximum absolute atomic E-state index is 13.6. The van der Waals surface area contributed by atoms with Gasteiger partial charge in [-0.15, -0.1) is 0 Å². The Hall–Kier alpha value is -4.06. The number of alkyl halides is 3. The Bertz CT molecular complexity index is 1360. The summed E-state index contributed by atoms with van der Waals surface area (Å²) < 4.78 is 85.8. The lowest BCUT2D eigenvalue weighted by Gasteiger charge is -2.12. The van der Waals surface area contributed by atoms with Crippen LogP contribution in [0.2, 0.25) is 0 Å². The summed E-state index contributed by atoms with van der Waals surface area (Å²) in [5, 5.41) is 10.5. The van der Waals surface area contributed by atoms with Crippen molar-refractivity contribution in [1.82, 2.24) is 0 Å². The number of oxime groups is 1. The average molecular weight is 551 g/mol. The zero-order valence-corrected chi connectivity index (χ0v) is 21.3. The first-order chi connectivity index (χ1) is 18.0. The smallest absolute Gasteiger partial charge is 0.437 e. The second kappa shape index (κ2) is 12.5. The predicted molar refractivity (Wildman–Crippen MR) is 135 cm³/mol. The van der Waals surface area contributed by atoms with Gasteiger partial charge >= 0.3 is 16.3 Å². The van der Waals surface area contributed by atoms with Crippen LogP contribution in [-0.4, -0.2) is 46.3 Å². The van der Waals surface area contributed by atoms with Gasteiger partial charge in [0.15, 0.2) is 5.71 Å². The maximum Gasteiger partial charge on any atom is 0.437 e. The Labute approximate surface area is 218 Å². The molecule has 0 aliphatic rings. The standard InChI is InChI=1S/C26H25F3N2O6S/c1-18(30)19-4-8-22(9-5-19)35-16-3-17-36-23-10-6-20(7-11-23)25(26(27,28)29)31-37-38(32,33)24-14-12-21(34-2)13-15-24/h4-15,30H,3,16-17H2,1-2H3/b30-18?,31-25-. The topological polar surface area (TPSA) is 107 Å². The normalized spacial score (nSPS) is 12.1. The number of hydrogen-bond acceptors (Lipinski definition) is 8. The second-order valence-corrected chi connectivity index (χ2v) is 9.39. The molecule has 0 aliphatic carbocycles. The Morgan fingerprint density at radius 3 is 1.74 bits per heavy atom. The van der Waals surface area contributed by atoms with Crippen LogP contribution < -0.4 is 14.2 Å². The van der Waals surface area contributed by atoms with Crippen LogP contribution in [0.4, 0.5) is 13.2 Å². The summed E-state index contributed by atoms with van der Waals surface area (Å²) in [6, 6.07) is 16.8. The van der Waals surface area contributed by atoms with Crippen molar-refractivity contribution in [2.24, 2.45) is 5.16 Å². The first kappa shape index (κ1) is 28.5. The number of benzene rings is 3. The highest BCUT2D eigenvalue weighted by Crippen LogP contribution is 2.26. The minimum Gasteiger partial charge on any atom is -0.497 e. The lowest BCUT2D eigenvalue weighted by Crippen LogP contribution is -2.25.